The van der Waals surface area contributed by atoms with Crippen molar-refractivity contribution in [2.24, 2.45) is 0 Å². The first kappa shape index (κ1) is 10.7. The molecule has 1 aromatic carbocycles. The zero-order valence-electron chi connectivity index (χ0n) is 9.86. The Morgan fingerprint density at radius 3 is 2.56 bits per heavy atom. The summed E-state index contributed by atoms with van der Waals surface area (Å²) < 4.78 is 0. The van der Waals surface area contributed by atoms with Gasteiger partial charge < -0.3 is 0 Å². The Morgan fingerprint density at radius 2 is 1.94 bits per heavy atom. The van der Waals surface area contributed by atoms with Crippen LogP contribution in [0.5, 0.6) is 0 Å². The maximum absolute atomic E-state index is 4.27. The minimum absolute atomic E-state index is 0.719. The average molecular weight is 213 g/mol. The Kier molecular flexibility index (Phi) is 2.95. The van der Waals surface area contributed by atoms with Crippen molar-refractivity contribution < 1.29 is 0 Å². The first-order valence-electron chi connectivity index (χ1n) is 5.46. The van der Waals surface area contributed by atoms with Crippen LogP contribution in [0.25, 0.3) is 11.4 Å². The molecule has 3 nitrogen and oxygen atoms in total. The van der Waals surface area contributed by atoms with Crippen LogP contribution in [0.1, 0.15) is 23.6 Å². The number of aryl methyl sites for hydroxylation is 3. The fourth-order valence-electron chi connectivity index (χ4n) is 2.02. The molecule has 0 aliphatic carbocycles. The number of nitrogens with zero attached hydrogens (tertiary/aromatic N) is 3. The standard InChI is InChI=1S/C13H15N3/c1-4-11-8-9(2)7-10(3)12(11)13-14-5-6-15-16-13/h5-8H,4H2,1-3H3. The van der Waals surface area contributed by atoms with Gasteiger partial charge in [-0.25, -0.2) is 4.98 Å². The molecule has 0 radical (unpaired) electrons. The van der Waals surface area contributed by atoms with Crippen LogP contribution in [0.4, 0.5) is 0 Å². The Labute approximate surface area is 95.6 Å². The first-order valence-corrected chi connectivity index (χ1v) is 5.46. The molecule has 0 atom stereocenters. The molecule has 1 aromatic heterocycles. The van der Waals surface area contributed by atoms with Gasteiger partial charge in [-0.05, 0) is 31.4 Å². The van der Waals surface area contributed by atoms with Crippen molar-refractivity contribution in [3.8, 4) is 11.4 Å². The summed E-state index contributed by atoms with van der Waals surface area (Å²) in [7, 11) is 0. The summed E-state index contributed by atoms with van der Waals surface area (Å²) >= 11 is 0. The van der Waals surface area contributed by atoms with Crippen molar-refractivity contribution in [1.82, 2.24) is 15.2 Å². The van der Waals surface area contributed by atoms with Crippen LogP contribution < -0.4 is 0 Å². The Hall–Kier alpha value is -1.77. The van der Waals surface area contributed by atoms with E-state index in [1.807, 2.05) is 0 Å². The van der Waals surface area contributed by atoms with E-state index in [9.17, 15) is 0 Å². The topological polar surface area (TPSA) is 38.7 Å². The van der Waals surface area contributed by atoms with Gasteiger partial charge in [0.05, 0.1) is 6.20 Å². The van der Waals surface area contributed by atoms with Crippen LogP contribution in [0.2, 0.25) is 0 Å². The third kappa shape index (κ3) is 1.94. The summed E-state index contributed by atoms with van der Waals surface area (Å²) in [6.45, 7) is 6.35. The summed E-state index contributed by atoms with van der Waals surface area (Å²) in [4.78, 5) is 4.27. The summed E-state index contributed by atoms with van der Waals surface area (Å²) in [5, 5.41) is 7.97. The maximum Gasteiger partial charge on any atom is 0.182 e. The van der Waals surface area contributed by atoms with E-state index in [2.05, 4.69) is 48.1 Å². The van der Waals surface area contributed by atoms with E-state index < -0.39 is 0 Å². The molecular weight excluding hydrogens is 198 g/mol. The Balaban J connectivity index is 2.64. The number of hydrogen-bond donors (Lipinski definition) is 0. The van der Waals surface area contributed by atoms with E-state index in [1.165, 1.54) is 16.7 Å². The number of aromatic nitrogens is 3. The van der Waals surface area contributed by atoms with Gasteiger partial charge in [-0.15, -0.1) is 5.10 Å². The van der Waals surface area contributed by atoms with Crippen LogP contribution in [-0.2, 0) is 6.42 Å². The second-order valence-electron chi connectivity index (χ2n) is 3.94. The monoisotopic (exact) mass is 213 g/mol. The van der Waals surface area contributed by atoms with Gasteiger partial charge in [0.1, 0.15) is 0 Å². The highest BCUT2D eigenvalue weighted by Gasteiger charge is 2.10. The third-order valence-electron chi connectivity index (χ3n) is 2.65. The molecule has 0 fully saturated rings. The summed E-state index contributed by atoms with van der Waals surface area (Å²) in [5.41, 5.74) is 4.90. The van der Waals surface area contributed by atoms with Gasteiger partial charge in [-0.2, -0.15) is 5.10 Å². The lowest BCUT2D eigenvalue weighted by Gasteiger charge is -2.10. The van der Waals surface area contributed by atoms with Gasteiger partial charge in [-0.3, -0.25) is 0 Å². The first-order chi connectivity index (χ1) is 7.72. The molecule has 16 heavy (non-hydrogen) atoms. The van der Waals surface area contributed by atoms with E-state index >= 15 is 0 Å². The predicted molar refractivity (Wildman–Crippen MR) is 64.1 cm³/mol. The van der Waals surface area contributed by atoms with Crippen LogP contribution in [0.15, 0.2) is 24.5 Å². The molecular formula is C13H15N3. The van der Waals surface area contributed by atoms with Crippen molar-refractivity contribution in [2.75, 3.05) is 0 Å². The van der Waals surface area contributed by atoms with Crippen LogP contribution in [-0.4, -0.2) is 15.2 Å². The average Bonchev–Trinajstić information content (AvgIpc) is 2.29. The molecule has 0 aliphatic heterocycles. The lowest BCUT2D eigenvalue weighted by molar-refractivity contribution is 0.969. The number of rotatable bonds is 2. The van der Waals surface area contributed by atoms with Crippen LogP contribution in [0.3, 0.4) is 0 Å². The fraction of sp³-hybridized carbons (Fsp3) is 0.308. The molecule has 0 bridgehead atoms. The van der Waals surface area contributed by atoms with Gasteiger partial charge in [0, 0.05) is 11.8 Å². The Morgan fingerprint density at radius 1 is 1.12 bits per heavy atom. The summed E-state index contributed by atoms with van der Waals surface area (Å²) in [6, 6.07) is 4.35. The van der Waals surface area contributed by atoms with Gasteiger partial charge in [0.25, 0.3) is 0 Å². The summed E-state index contributed by atoms with van der Waals surface area (Å²) in [6.07, 6.45) is 4.26. The minimum atomic E-state index is 0.719. The molecule has 0 saturated heterocycles. The third-order valence-corrected chi connectivity index (χ3v) is 2.65. The summed E-state index contributed by atoms with van der Waals surface area (Å²) in [5.74, 6) is 0.719. The van der Waals surface area contributed by atoms with E-state index in [0.29, 0.717) is 0 Å². The second-order valence-corrected chi connectivity index (χ2v) is 3.94. The highest BCUT2D eigenvalue weighted by atomic mass is 15.1. The molecule has 3 heteroatoms. The van der Waals surface area contributed by atoms with E-state index in [4.69, 9.17) is 0 Å². The highest BCUT2D eigenvalue weighted by Crippen LogP contribution is 2.25. The quantitative estimate of drug-likeness (QED) is 0.770. The largest absolute Gasteiger partial charge is 0.233 e. The second kappa shape index (κ2) is 4.39. The van der Waals surface area contributed by atoms with E-state index in [0.717, 1.165) is 17.8 Å². The van der Waals surface area contributed by atoms with Crippen LogP contribution in [0, 0.1) is 13.8 Å². The smallest absolute Gasteiger partial charge is 0.182 e. The Bertz CT molecular complexity index is 492. The predicted octanol–water partition coefficient (Wildman–Crippen LogP) is 2.72. The zero-order valence-corrected chi connectivity index (χ0v) is 9.86. The van der Waals surface area contributed by atoms with Crippen molar-refractivity contribution in [1.29, 1.82) is 0 Å². The van der Waals surface area contributed by atoms with Crippen molar-refractivity contribution in [3.63, 3.8) is 0 Å². The van der Waals surface area contributed by atoms with Gasteiger partial charge >= 0.3 is 0 Å². The van der Waals surface area contributed by atoms with E-state index in [1.54, 1.807) is 12.4 Å². The molecule has 2 aromatic rings. The number of hydrogen-bond acceptors (Lipinski definition) is 3. The SMILES string of the molecule is CCc1cc(C)cc(C)c1-c1nccnn1. The maximum atomic E-state index is 4.27. The van der Waals surface area contributed by atoms with E-state index in [-0.39, 0.29) is 0 Å². The number of benzene rings is 1. The molecule has 0 N–H and O–H groups in total. The lowest BCUT2D eigenvalue weighted by Crippen LogP contribution is -1.98. The van der Waals surface area contributed by atoms with Crippen LogP contribution >= 0.6 is 0 Å². The highest BCUT2D eigenvalue weighted by molar-refractivity contribution is 5.65. The molecule has 0 saturated carbocycles. The van der Waals surface area contributed by atoms with Gasteiger partial charge in [0.2, 0.25) is 0 Å². The zero-order chi connectivity index (χ0) is 11.5. The van der Waals surface area contributed by atoms with Crippen molar-refractivity contribution in [3.05, 3.63) is 41.2 Å². The fourth-order valence-corrected chi connectivity index (χ4v) is 2.02. The molecule has 1 heterocycles. The minimum Gasteiger partial charge on any atom is -0.233 e. The molecule has 82 valence electrons. The molecule has 0 unspecified atom stereocenters. The normalized spacial score (nSPS) is 10.4. The van der Waals surface area contributed by atoms with Crippen molar-refractivity contribution in [2.45, 2.75) is 27.2 Å². The van der Waals surface area contributed by atoms with Gasteiger partial charge in [-0.1, -0.05) is 24.6 Å². The van der Waals surface area contributed by atoms with Gasteiger partial charge in [0.15, 0.2) is 5.82 Å². The molecule has 0 spiro atoms. The molecule has 0 amide bonds. The molecule has 2 rings (SSSR count). The lowest BCUT2D eigenvalue weighted by atomic mass is 9.97. The van der Waals surface area contributed by atoms with Crippen molar-refractivity contribution >= 4 is 0 Å². The molecule has 0 aliphatic rings.